The number of aryl methyl sites for hydroxylation is 2. The summed E-state index contributed by atoms with van der Waals surface area (Å²) in [5.74, 6) is -1.73. The Balaban J connectivity index is 1.34. The van der Waals surface area contributed by atoms with Crippen molar-refractivity contribution in [1.82, 2.24) is 10.6 Å². The van der Waals surface area contributed by atoms with Crippen molar-refractivity contribution in [3.05, 3.63) is 53.1 Å². The van der Waals surface area contributed by atoms with E-state index in [9.17, 15) is 22.8 Å². The van der Waals surface area contributed by atoms with E-state index in [-0.39, 0.29) is 37.0 Å². The Labute approximate surface area is 203 Å². The monoisotopic (exact) mass is 488 g/mol. The number of halogens is 3. The van der Waals surface area contributed by atoms with Crippen LogP contribution in [0.5, 0.6) is 0 Å². The second-order valence-corrected chi connectivity index (χ2v) is 9.49. The standard InChI is InChI=1S/C26H31F3N4O2/c1-16-12-23(17(2)11-18(16)14-31-25(35)19-13-24(34)30-15-19)32-21-3-5-22(6-4-21)33-9-7-20(8-10-33)26(27,28)29/h3-6,11-12,19-20,32H,7-10,13-15H2,1-2H3,(H,30,34)(H,31,35). The van der Waals surface area contributed by atoms with Crippen LogP contribution in [0.25, 0.3) is 0 Å². The first-order valence-electron chi connectivity index (χ1n) is 11.9. The molecule has 2 aliphatic heterocycles. The van der Waals surface area contributed by atoms with Gasteiger partial charge in [-0.25, -0.2) is 0 Å². The van der Waals surface area contributed by atoms with Crippen molar-refractivity contribution in [2.45, 2.75) is 45.8 Å². The van der Waals surface area contributed by atoms with Gasteiger partial charge >= 0.3 is 6.18 Å². The topological polar surface area (TPSA) is 73.5 Å². The molecule has 2 heterocycles. The quantitative estimate of drug-likeness (QED) is 0.557. The van der Waals surface area contributed by atoms with Crippen LogP contribution in [0.3, 0.4) is 0 Å². The molecule has 0 aliphatic carbocycles. The lowest BCUT2D eigenvalue weighted by Crippen LogP contribution is -2.38. The predicted octanol–water partition coefficient (Wildman–Crippen LogP) is 4.58. The predicted molar refractivity (Wildman–Crippen MR) is 130 cm³/mol. The molecule has 4 rings (SSSR count). The first-order chi connectivity index (χ1) is 16.6. The van der Waals surface area contributed by atoms with Gasteiger partial charge in [-0.1, -0.05) is 6.07 Å². The zero-order valence-corrected chi connectivity index (χ0v) is 20.0. The Morgan fingerprint density at radius 2 is 1.77 bits per heavy atom. The van der Waals surface area contributed by atoms with E-state index in [1.54, 1.807) is 0 Å². The number of nitrogens with one attached hydrogen (secondary N) is 3. The summed E-state index contributed by atoms with van der Waals surface area (Å²) in [7, 11) is 0. The van der Waals surface area contributed by atoms with Gasteiger partial charge in [0.1, 0.15) is 0 Å². The second kappa shape index (κ2) is 10.2. The molecule has 0 radical (unpaired) electrons. The minimum absolute atomic E-state index is 0.0911. The Bertz CT molecular complexity index is 1080. The van der Waals surface area contributed by atoms with Gasteiger partial charge in [0.05, 0.1) is 11.8 Å². The molecule has 35 heavy (non-hydrogen) atoms. The molecule has 6 nitrogen and oxygen atoms in total. The average molecular weight is 489 g/mol. The van der Waals surface area contributed by atoms with E-state index in [0.717, 1.165) is 33.8 Å². The maximum absolute atomic E-state index is 12.9. The molecule has 2 amide bonds. The SMILES string of the molecule is Cc1cc(Nc2ccc(N3CCC(C(F)(F)F)CC3)cc2)c(C)cc1CNC(=O)C1CNC(=O)C1. The van der Waals surface area contributed by atoms with Crippen molar-refractivity contribution in [2.24, 2.45) is 11.8 Å². The highest BCUT2D eigenvalue weighted by Crippen LogP contribution is 2.35. The van der Waals surface area contributed by atoms with Crippen LogP contribution in [0.1, 0.15) is 36.0 Å². The first kappa shape index (κ1) is 24.9. The highest BCUT2D eigenvalue weighted by Gasteiger charge is 2.41. The second-order valence-electron chi connectivity index (χ2n) is 9.49. The van der Waals surface area contributed by atoms with Crippen LogP contribution in [-0.4, -0.2) is 37.6 Å². The Morgan fingerprint density at radius 3 is 2.37 bits per heavy atom. The lowest BCUT2D eigenvalue weighted by molar-refractivity contribution is -0.179. The van der Waals surface area contributed by atoms with Crippen LogP contribution in [-0.2, 0) is 16.1 Å². The van der Waals surface area contributed by atoms with Crippen LogP contribution >= 0.6 is 0 Å². The van der Waals surface area contributed by atoms with Crippen molar-refractivity contribution in [3.8, 4) is 0 Å². The summed E-state index contributed by atoms with van der Waals surface area (Å²) in [5, 5.41) is 9.02. The summed E-state index contributed by atoms with van der Waals surface area (Å²) < 4.78 is 38.7. The van der Waals surface area contributed by atoms with Gasteiger partial charge in [-0.05, 0) is 73.7 Å². The maximum Gasteiger partial charge on any atom is 0.391 e. The number of anilines is 3. The molecule has 0 saturated carbocycles. The zero-order chi connectivity index (χ0) is 25.2. The zero-order valence-electron chi connectivity index (χ0n) is 20.0. The molecule has 0 spiro atoms. The number of hydrogen-bond acceptors (Lipinski definition) is 4. The molecule has 1 atom stereocenters. The largest absolute Gasteiger partial charge is 0.391 e. The van der Waals surface area contributed by atoms with E-state index in [1.165, 1.54) is 0 Å². The molecule has 0 aromatic heterocycles. The normalized spacial score (nSPS) is 18.9. The van der Waals surface area contributed by atoms with E-state index in [2.05, 4.69) is 16.0 Å². The molecule has 2 fully saturated rings. The number of benzene rings is 2. The molecular weight excluding hydrogens is 457 g/mol. The fourth-order valence-electron chi connectivity index (χ4n) is 4.69. The maximum atomic E-state index is 12.9. The number of rotatable bonds is 6. The number of piperidine rings is 1. The Kier molecular flexibility index (Phi) is 7.23. The van der Waals surface area contributed by atoms with Gasteiger partial charge in [0, 0.05) is 49.7 Å². The Hall–Kier alpha value is -3.23. The molecule has 3 N–H and O–H groups in total. The lowest BCUT2D eigenvalue weighted by atomic mass is 9.96. The third kappa shape index (κ3) is 6.07. The van der Waals surface area contributed by atoms with Crippen LogP contribution in [0, 0.1) is 25.7 Å². The third-order valence-corrected chi connectivity index (χ3v) is 6.95. The number of carbonyl (C=O) groups is 2. The number of nitrogens with zero attached hydrogens (tertiary/aromatic N) is 1. The molecule has 2 aromatic carbocycles. The van der Waals surface area contributed by atoms with E-state index in [0.29, 0.717) is 26.2 Å². The minimum Gasteiger partial charge on any atom is -0.372 e. The molecule has 2 aliphatic rings. The number of alkyl halides is 3. The number of amides is 2. The van der Waals surface area contributed by atoms with Crippen molar-refractivity contribution in [3.63, 3.8) is 0 Å². The van der Waals surface area contributed by atoms with E-state index < -0.39 is 12.1 Å². The molecule has 0 bridgehead atoms. The van der Waals surface area contributed by atoms with Gasteiger partial charge in [0.15, 0.2) is 0 Å². The summed E-state index contributed by atoms with van der Waals surface area (Å²) in [6.45, 7) is 5.57. The highest BCUT2D eigenvalue weighted by atomic mass is 19.4. The van der Waals surface area contributed by atoms with Gasteiger partial charge in [0.25, 0.3) is 0 Å². The van der Waals surface area contributed by atoms with Gasteiger partial charge in [0.2, 0.25) is 11.8 Å². The van der Waals surface area contributed by atoms with Gasteiger partial charge in [-0.3, -0.25) is 9.59 Å². The summed E-state index contributed by atoms with van der Waals surface area (Å²) in [4.78, 5) is 25.6. The van der Waals surface area contributed by atoms with Crippen LogP contribution in [0.2, 0.25) is 0 Å². The van der Waals surface area contributed by atoms with Crippen LogP contribution in [0.4, 0.5) is 30.2 Å². The van der Waals surface area contributed by atoms with E-state index in [1.807, 2.05) is 55.1 Å². The summed E-state index contributed by atoms with van der Waals surface area (Å²) in [6.07, 6.45) is -3.61. The fourth-order valence-corrected chi connectivity index (χ4v) is 4.69. The molecule has 1 unspecified atom stereocenters. The lowest BCUT2D eigenvalue weighted by Gasteiger charge is -2.34. The molecule has 2 saturated heterocycles. The highest BCUT2D eigenvalue weighted by molar-refractivity contribution is 5.89. The first-order valence-corrected chi connectivity index (χ1v) is 11.9. The number of carbonyl (C=O) groups excluding carboxylic acids is 2. The van der Waals surface area contributed by atoms with E-state index in [4.69, 9.17) is 0 Å². The summed E-state index contributed by atoms with van der Waals surface area (Å²) >= 11 is 0. The average Bonchev–Trinajstić information content (AvgIpc) is 3.26. The molecule has 188 valence electrons. The summed E-state index contributed by atoms with van der Waals surface area (Å²) in [5.41, 5.74) is 5.83. The van der Waals surface area contributed by atoms with Gasteiger partial charge in [-0.2, -0.15) is 13.2 Å². The van der Waals surface area contributed by atoms with Crippen molar-refractivity contribution in [1.29, 1.82) is 0 Å². The van der Waals surface area contributed by atoms with Crippen LogP contribution < -0.4 is 20.9 Å². The van der Waals surface area contributed by atoms with Gasteiger partial charge < -0.3 is 20.9 Å². The third-order valence-electron chi connectivity index (χ3n) is 6.95. The van der Waals surface area contributed by atoms with E-state index >= 15 is 0 Å². The minimum atomic E-state index is -4.11. The van der Waals surface area contributed by atoms with Crippen molar-refractivity contribution >= 4 is 28.9 Å². The van der Waals surface area contributed by atoms with Crippen molar-refractivity contribution in [2.75, 3.05) is 29.9 Å². The fraction of sp³-hybridized carbons (Fsp3) is 0.462. The molecule has 9 heteroatoms. The molecular formula is C26H31F3N4O2. The van der Waals surface area contributed by atoms with Gasteiger partial charge in [-0.15, -0.1) is 0 Å². The molecule has 2 aromatic rings. The summed E-state index contributed by atoms with van der Waals surface area (Å²) in [6, 6.07) is 11.8. The Morgan fingerprint density at radius 1 is 1.09 bits per heavy atom. The smallest absolute Gasteiger partial charge is 0.372 e. The number of hydrogen-bond donors (Lipinski definition) is 3. The van der Waals surface area contributed by atoms with Crippen LogP contribution in [0.15, 0.2) is 36.4 Å². The van der Waals surface area contributed by atoms with Crippen molar-refractivity contribution < 1.29 is 22.8 Å².